The van der Waals surface area contributed by atoms with Crippen molar-refractivity contribution in [2.24, 2.45) is 23.5 Å². The Kier molecular flexibility index (Phi) is 5.50. The summed E-state index contributed by atoms with van der Waals surface area (Å²) >= 11 is 0. The zero-order valence-electron chi connectivity index (χ0n) is 11.8. The molecule has 1 rings (SSSR count). The van der Waals surface area contributed by atoms with Crippen molar-refractivity contribution < 1.29 is 24.6 Å². The number of nitrogens with zero attached hydrogens (tertiary/aromatic N) is 1. The first-order valence-corrected chi connectivity index (χ1v) is 6.79. The average molecular weight is 286 g/mol. The summed E-state index contributed by atoms with van der Waals surface area (Å²) in [6.45, 7) is 3.94. The van der Waals surface area contributed by atoms with Gasteiger partial charge in [0.2, 0.25) is 5.91 Å². The molecule has 0 aromatic heterocycles. The number of carboxylic acid groups (broad SMARTS) is 2. The molecule has 4 N–H and O–H groups in total. The third kappa shape index (κ3) is 3.47. The van der Waals surface area contributed by atoms with E-state index in [-0.39, 0.29) is 31.3 Å². The molecule has 0 aromatic rings. The van der Waals surface area contributed by atoms with Crippen molar-refractivity contribution >= 4 is 17.8 Å². The summed E-state index contributed by atoms with van der Waals surface area (Å²) in [5, 5.41) is 18.1. The summed E-state index contributed by atoms with van der Waals surface area (Å²) in [5.74, 6) is -4.63. The Hall–Kier alpha value is -1.63. The summed E-state index contributed by atoms with van der Waals surface area (Å²) in [4.78, 5) is 35.8. The van der Waals surface area contributed by atoms with E-state index in [0.717, 1.165) is 6.42 Å². The van der Waals surface area contributed by atoms with Crippen LogP contribution in [-0.2, 0) is 14.4 Å². The largest absolute Gasteiger partial charge is 0.481 e. The number of hydrogen-bond donors (Lipinski definition) is 3. The molecule has 1 aliphatic heterocycles. The highest BCUT2D eigenvalue weighted by atomic mass is 16.4. The second-order valence-electron chi connectivity index (χ2n) is 5.37. The lowest BCUT2D eigenvalue weighted by atomic mass is 9.85. The molecular formula is C13H22N2O5. The van der Waals surface area contributed by atoms with Crippen LogP contribution in [0.2, 0.25) is 0 Å². The van der Waals surface area contributed by atoms with Crippen LogP contribution in [0.15, 0.2) is 0 Å². The van der Waals surface area contributed by atoms with Gasteiger partial charge in [0, 0.05) is 13.1 Å². The lowest BCUT2D eigenvalue weighted by Crippen LogP contribution is -2.54. The molecule has 0 radical (unpaired) electrons. The van der Waals surface area contributed by atoms with E-state index in [0.29, 0.717) is 0 Å². The molecule has 0 bridgehead atoms. The number of likely N-dealkylation sites (tertiary alicyclic amines) is 1. The molecule has 7 heteroatoms. The first-order chi connectivity index (χ1) is 9.29. The molecule has 1 aliphatic rings. The van der Waals surface area contributed by atoms with Crippen molar-refractivity contribution in [1.82, 2.24) is 4.90 Å². The summed E-state index contributed by atoms with van der Waals surface area (Å²) in [6, 6.07) is -0.671. The van der Waals surface area contributed by atoms with E-state index >= 15 is 0 Å². The van der Waals surface area contributed by atoms with Gasteiger partial charge in [0.1, 0.15) is 0 Å². The van der Waals surface area contributed by atoms with Gasteiger partial charge in [-0.25, -0.2) is 0 Å². The average Bonchev–Trinajstić information content (AvgIpc) is 2.43. The highest BCUT2D eigenvalue weighted by Crippen LogP contribution is 2.25. The SMILES string of the molecule is CC[C@H](C)[C@H](N)C(=O)N1CCC(C(=O)O)C(C(=O)O)C1. The van der Waals surface area contributed by atoms with Crippen LogP contribution < -0.4 is 5.73 Å². The number of carbonyl (C=O) groups is 3. The molecule has 114 valence electrons. The van der Waals surface area contributed by atoms with Gasteiger partial charge >= 0.3 is 11.9 Å². The first-order valence-electron chi connectivity index (χ1n) is 6.79. The lowest BCUT2D eigenvalue weighted by molar-refractivity contribution is -0.159. The molecule has 0 saturated carbocycles. The van der Waals surface area contributed by atoms with E-state index in [1.54, 1.807) is 0 Å². The molecule has 4 atom stereocenters. The van der Waals surface area contributed by atoms with Gasteiger partial charge in [0.15, 0.2) is 0 Å². The number of amides is 1. The number of hydrogen-bond acceptors (Lipinski definition) is 4. The van der Waals surface area contributed by atoms with Crippen LogP contribution in [0, 0.1) is 17.8 Å². The van der Waals surface area contributed by atoms with E-state index in [4.69, 9.17) is 15.9 Å². The Bertz CT molecular complexity index is 398. The van der Waals surface area contributed by atoms with Crippen LogP contribution in [0.5, 0.6) is 0 Å². The van der Waals surface area contributed by atoms with Crippen molar-refractivity contribution in [2.45, 2.75) is 32.7 Å². The molecule has 0 aromatic carbocycles. The van der Waals surface area contributed by atoms with E-state index in [2.05, 4.69) is 0 Å². The maximum Gasteiger partial charge on any atom is 0.309 e. The van der Waals surface area contributed by atoms with Crippen molar-refractivity contribution in [3.63, 3.8) is 0 Å². The van der Waals surface area contributed by atoms with E-state index < -0.39 is 29.8 Å². The predicted molar refractivity (Wildman–Crippen MR) is 70.9 cm³/mol. The van der Waals surface area contributed by atoms with E-state index in [1.165, 1.54) is 4.90 Å². The van der Waals surface area contributed by atoms with Crippen molar-refractivity contribution in [2.75, 3.05) is 13.1 Å². The second-order valence-corrected chi connectivity index (χ2v) is 5.37. The van der Waals surface area contributed by atoms with Gasteiger partial charge in [-0.15, -0.1) is 0 Å². The third-order valence-corrected chi connectivity index (χ3v) is 4.10. The zero-order valence-corrected chi connectivity index (χ0v) is 11.8. The van der Waals surface area contributed by atoms with Crippen LogP contribution in [0.1, 0.15) is 26.7 Å². The minimum absolute atomic E-state index is 0.00275. The molecular weight excluding hydrogens is 264 g/mol. The lowest BCUT2D eigenvalue weighted by Gasteiger charge is -2.36. The van der Waals surface area contributed by atoms with Crippen molar-refractivity contribution in [1.29, 1.82) is 0 Å². The highest BCUT2D eigenvalue weighted by Gasteiger charge is 2.41. The fraction of sp³-hybridized carbons (Fsp3) is 0.769. The number of rotatable bonds is 5. The molecule has 1 saturated heterocycles. The fourth-order valence-electron chi connectivity index (χ4n) is 2.41. The second kappa shape index (κ2) is 6.69. The van der Waals surface area contributed by atoms with Gasteiger partial charge in [-0.3, -0.25) is 14.4 Å². The van der Waals surface area contributed by atoms with Gasteiger partial charge in [-0.1, -0.05) is 20.3 Å². The summed E-state index contributed by atoms with van der Waals surface area (Å²) in [5.41, 5.74) is 5.86. The summed E-state index contributed by atoms with van der Waals surface area (Å²) in [6.07, 6.45) is 0.895. The quantitative estimate of drug-likeness (QED) is 0.653. The monoisotopic (exact) mass is 286 g/mol. The molecule has 0 spiro atoms. The van der Waals surface area contributed by atoms with Gasteiger partial charge in [-0.2, -0.15) is 0 Å². The van der Waals surface area contributed by atoms with Crippen molar-refractivity contribution in [3.05, 3.63) is 0 Å². The normalized spacial score (nSPS) is 25.9. The van der Waals surface area contributed by atoms with Gasteiger partial charge in [0.25, 0.3) is 0 Å². The smallest absolute Gasteiger partial charge is 0.309 e. The van der Waals surface area contributed by atoms with Gasteiger partial charge in [-0.05, 0) is 12.3 Å². The van der Waals surface area contributed by atoms with Gasteiger partial charge < -0.3 is 20.8 Å². The van der Waals surface area contributed by atoms with Crippen LogP contribution in [-0.4, -0.2) is 52.1 Å². The summed E-state index contributed by atoms with van der Waals surface area (Å²) in [7, 11) is 0. The van der Waals surface area contributed by atoms with E-state index in [9.17, 15) is 14.4 Å². The molecule has 2 unspecified atom stereocenters. The first kappa shape index (κ1) is 16.4. The molecule has 20 heavy (non-hydrogen) atoms. The number of nitrogens with two attached hydrogens (primary N) is 1. The fourth-order valence-corrected chi connectivity index (χ4v) is 2.41. The van der Waals surface area contributed by atoms with Crippen LogP contribution in [0.4, 0.5) is 0 Å². The van der Waals surface area contributed by atoms with Gasteiger partial charge in [0.05, 0.1) is 17.9 Å². The maximum absolute atomic E-state index is 12.2. The Morgan fingerprint density at radius 1 is 1.25 bits per heavy atom. The highest BCUT2D eigenvalue weighted by molar-refractivity contribution is 5.85. The Morgan fingerprint density at radius 3 is 2.25 bits per heavy atom. The molecule has 1 heterocycles. The maximum atomic E-state index is 12.2. The minimum Gasteiger partial charge on any atom is -0.481 e. The molecule has 7 nitrogen and oxygen atoms in total. The minimum atomic E-state index is -1.19. The Labute approximate surface area is 117 Å². The third-order valence-electron chi connectivity index (χ3n) is 4.10. The van der Waals surface area contributed by atoms with Crippen LogP contribution >= 0.6 is 0 Å². The topological polar surface area (TPSA) is 121 Å². The number of aliphatic carboxylic acids is 2. The molecule has 1 fully saturated rings. The number of piperidine rings is 1. The Balaban J connectivity index is 2.78. The summed E-state index contributed by atoms with van der Waals surface area (Å²) < 4.78 is 0. The Morgan fingerprint density at radius 2 is 1.80 bits per heavy atom. The van der Waals surface area contributed by atoms with Crippen LogP contribution in [0.25, 0.3) is 0 Å². The number of carboxylic acids is 2. The molecule has 1 amide bonds. The molecule has 0 aliphatic carbocycles. The van der Waals surface area contributed by atoms with E-state index in [1.807, 2.05) is 13.8 Å². The standard InChI is InChI=1S/C13H22N2O5/c1-3-7(2)10(14)11(16)15-5-4-8(12(17)18)9(6-15)13(19)20/h7-10H,3-6,14H2,1-2H3,(H,17,18)(H,19,20)/t7-,8?,9?,10-/m0/s1. The van der Waals surface area contributed by atoms with Crippen LogP contribution in [0.3, 0.4) is 0 Å². The zero-order chi connectivity index (χ0) is 15.4. The van der Waals surface area contributed by atoms with Crippen molar-refractivity contribution in [3.8, 4) is 0 Å². The number of carbonyl (C=O) groups excluding carboxylic acids is 1. The predicted octanol–water partition coefficient (Wildman–Crippen LogP) is -0.00630.